The minimum atomic E-state index is -1.25. The molecule has 2 aliphatic rings. The number of fused-ring (bicyclic) bond motifs is 1. The van der Waals surface area contributed by atoms with Crippen molar-refractivity contribution >= 4 is 34.4 Å². The zero-order valence-electron chi connectivity index (χ0n) is 22.0. The lowest BCUT2D eigenvalue weighted by Crippen LogP contribution is -2.44. The Balaban J connectivity index is 1.49. The van der Waals surface area contributed by atoms with Gasteiger partial charge in [-0.1, -0.05) is 5.92 Å². The Labute approximate surface area is 231 Å². The standard InChI is InChI=1S/C27H25F2N7O5/c1-14-12-41-6-5-36(14)21-8-20(19(29)9-31-21)33-22(37)11-35-10-17(23-26(35)32-13-34(2)27(23)40)15-3-4-18(28)24(38)16(7-15)25(30)39/h7-10,13-15,38H,5-6,11-12H2,1-2H3,(H2,30,39)(H,31,33,37)/t14-,15?/m0/s1. The molecule has 1 saturated heterocycles. The molecule has 0 aromatic carbocycles. The minimum Gasteiger partial charge on any atom is -0.504 e. The van der Waals surface area contributed by atoms with Gasteiger partial charge >= 0.3 is 0 Å². The number of hydrogen-bond acceptors (Lipinski definition) is 8. The highest BCUT2D eigenvalue weighted by molar-refractivity contribution is 5.97. The van der Waals surface area contributed by atoms with Gasteiger partial charge in [-0.25, -0.2) is 14.4 Å². The highest BCUT2D eigenvalue weighted by atomic mass is 19.1. The number of primary amides is 1. The van der Waals surface area contributed by atoms with Gasteiger partial charge in [0.25, 0.3) is 11.5 Å². The number of morpholine rings is 1. The Kier molecular flexibility index (Phi) is 7.29. The number of anilines is 2. The molecule has 0 saturated carbocycles. The molecular formula is C27H25F2N7O5. The molecule has 2 atom stereocenters. The number of nitrogens with zero attached hydrogens (tertiary/aromatic N) is 5. The lowest BCUT2D eigenvalue weighted by atomic mass is 9.97. The molecular weight excluding hydrogens is 540 g/mol. The van der Waals surface area contributed by atoms with E-state index in [9.17, 15) is 28.3 Å². The zero-order chi connectivity index (χ0) is 29.4. The van der Waals surface area contributed by atoms with Gasteiger partial charge in [-0.15, -0.1) is 0 Å². The maximum atomic E-state index is 14.6. The van der Waals surface area contributed by atoms with Gasteiger partial charge in [0.2, 0.25) is 11.7 Å². The number of carbonyl (C=O) groups is 2. The Morgan fingerprint density at radius 3 is 2.83 bits per heavy atom. The van der Waals surface area contributed by atoms with Crippen LogP contribution in [-0.2, 0) is 27.9 Å². The third-order valence-electron chi connectivity index (χ3n) is 6.79. The molecule has 0 radical (unpaired) electrons. The second-order valence-corrected chi connectivity index (χ2v) is 9.61. The number of allylic oxidation sites excluding steroid dienone is 2. The number of ether oxygens (including phenoxy) is 1. The molecule has 1 fully saturated rings. The van der Waals surface area contributed by atoms with Crippen molar-refractivity contribution in [1.82, 2.24) is 19.1 Å². The first kappa shape index (κ1) is 27.5. The lowest BCUT2D eigenvalue weighted by Gasteiger charge is -2.34. The van der Waals surface area contributed by atoms with Gasteiger partial charge in [0.1, 0.15) is 18.0 Å². The number of rotatable bonds is 6. The summed E-state index contributed by atoms with van der Waals surface area (Å²) < 4.78 is 36.8. The van der Waals surface area contributed by atoms with E-state index < -0.39 is 46.3 Å². The first-order chi connectivity index (χ1) is 19.5. The summed E-state index contributed by atoms with van der Waals surface area (Å²) in [6.45, 7) is 3.09. The van der Waals surface area contributed by atoms with Crippen LogP contribution in [0.1, 0.15) is 18.4 Å². The van der Waals surface area contributed by atoms with Gasteiger partial charge in [0.05, 0.1) is 54.3 Å². The molecule has 12 nitrogen and oxygen atoms in total. The Bertz CT molecular complexity index is 1760. The molecule has 3 aromatic heterocycles. The monoisotopic (exact) mass is 565 g/mol. The number of carbonyl (C=O) groups excluding carboxylic acids is 2. The molecule has 212 valence electrons. The van der Waals surface area contributed by atoms with E-state index in [2.05, 4.69) is 27.1 Å². The van der Waals surface area contributed by atoms with Crippen molar-refractivity contribution in [2.45, 2.75) is 25.4 Å². The Hall–Kier alpha value is -5.03. The smallest absolute Gasteiger partial charge is 0.262 e. The van der Waals surface area contributed by atoms with Crippen LogP contribution in [0, 0.1) is 17.7 Å². The van der Waals surface area contributed by atoms with E-state index in [0.717, 1.165) is 12.3 Å². The summed E-state index contributed by atoms with van der Waals surface area (Å²) in [6.07, 6.45) is 4.84. The van der Waals surface area contributed by atoms with Crippen molar-refractivity contribution in [2.24, 2.45) is 12.8 Å². The van der Waals surface area contributed by atoms with Crippen molar-refractivity contribution in [2.75, 3.05) is 30.0 Å². The number of pyridine rings is 1. The van der Waals surface area contributed by atoms with Crippen LogP contribution >= 0.6 is 0 Å². The van der Waals surface area contributed by atoms with Crippen LogP contribution < -0.4 is 21.5 Å². The summed E-state index contributed by atoms with van der Waals surface area (Å²) in [5, 5.41) is 12.6. The summed E-state index contributed by atoms with van der Waals surface area (Å²) in [4.78, 5) is 48.5. The Morgan fingerprint density at radius 1 is 1.32 bits per heavy atom. The zero-order valence-corrected chi connectivity index (χ0v) is 22.0. The predicted octanol–water partition coefficient (Wildman–Crippen LogP) is 1.38. The number of halogens is 2. The average Bonchev–Trinajstić information content (AvgIpc) is 3.22. The van der Waals surface area contributed by atoms with E-state index in [1.807, 2.05) is 11.8 Å². The predicted molar refractivity (Wildman–Crippen MR) is 144 cm³/mol. The topological polar surface area (TPSA) is 158 Å². The van der Waals surface area contributed by atoms with Crippen LogP contribution in [0.2, 0.25) is 0 Å². The second kappa shape index (κ2) is 10.9. The summed E-state index contributed by atoms with van der Waals surface area (Å²) in [6, 6.07) is 1.44. The highest BCUT2D eigenvalue weighted by Crippen LogP contribution is 2.30. The summed E-state index contributed by atoms with van der Waals surface area (Å²) in [7, 11) is 1.47. The van der Waals surface area contributed by atoms with E-state index in [1.54, 1.807) is 0 Å². The van der Waals surface area contributed by atoms with E-state index in [0.29, 0.717) is 25.6 Å². The van der Waals surface area contributed by atoms with Gasteiger partial charge in [0, 0.05) is 31.4 Å². The third-order valence-corrected chi connectivity index (χ3v) is 6.79. The second-order valence-electron chi connectivity index (χ2n) is 9.61. The molecule has 4 N–H and O–H groups in total. The highest BCUT2D eigenvalue weighted by Gasteiger charge is 2.26. The lowest BCUT2D eigenvalue weighted by molar-refractivity contribution is -0.117. The van der Waals surface area contributed by atoms with Crippen LogP contribution in [0.4, 0.5) is 20.3 Å². The van der Waals surface area contributed by atoms with Gasteiger partial charge in [0.15, 0.2) is 11.6 Å². The fourth-order valence-corrected chi connectivity index (χ4v) is 4.72. The molecule has 3 aromatic rings. The quantitative estimate of drug-likeness (QED) is 0.379. The molecule has 5 rings (SSSR count). The molecule has 1 aliphatic carbocycles. The minimum absolute atomic E-state index is 0.00501. The number of nitrogens with one attached hydrogen (secondary N) is 1. The fraction of sp³-hybridized carbons (Fsp3) is 0.296. The van der Waals surface area contributed by atoms with Crippen LogP contribution in [0.25, 0.3) is 11.0 Å². The summed E-state index contributed by atoms with van der Waals surface area (Å²) >= 11 is 0. The van der Waals surface area contributed by atoms with Crippen LogP contribution in [0.15, 0.2) is 52.8 Å². The van der Waals surface area contributed by atoms with Crippen LogP contribution in [0.3, 0.4) is 0 Å². The van der Waals surface area contributed by atoms with Gasteiger partial charge in [-0.2, -0.15) is 4.39 Å². The van der Waals surface area contributed by atoms with Crippen molar-refractivity contribution in [3.8, 4) is 11.8 Å². The molecule has 0 bridgehead atoms. The maximum Gasteiger partial charge on any atom is 0.262 e. The number of aliphatic hydroxyl groups is 1. The van der Waals surface area contributed by atoms with Crippen molar-refractivity contribution in [3.05, 3.63) is 69.8 Å². The van der Waals surface area contributed by atoms with Crippen molar-refractivity contribution in [3.63, 3.8) is 0 Å². The molecule has 0 spiro atoms. The van der Waals surface area contributed by atoms with Gasteiger partial charge < -0.3 is 34.9 Å². The van der Waals surface area contributed by atoms with Crippen molar-refractivity contribution in [1.29, 1.82) is 0 Å². The first-order valence-electron chi connectivity index (χ1n) is 12.5. The molecule has 2 amide bonds. The number of amides is 2. The van der Waals surface area contributed by atoms with E-state index in [4.69, 9.17) is 10.5 Å². The number of aliphatic hydroxyl groups excluding tert-OH is 1. The largest absolute Gasteiger partial charge is 0.504 e. The average molecular weight is 566 g/mol. The van der Waals surface area contributed by atoms with E-state index in [1.165, 1.54) is 34.8 Å². The van der Waals surface area contributed by atoms with Crippen LogP contribution in [0.5, 0.6) is 0 Å². The normalized spacial score (nSPS) is 18.9. The van der Waals surface area contributed by atoms with E-state index >= 15 is 0 Å². The van der Waals surface area contributed by atoms with Crippen LogP contribution in [-0.4, -0.2) is 61.8 Å². The van der Waals surface area contributed by atoms with Crippen molar-refractivity contribution < 1.29 is 28.2 Å². The number of aromatic nitrogens is 4. The molecule has 4 heterocycles. The first-order valence-corrected chi connectivity index (χ1v) is 12.5. The molecule has 14 heteroatoms. The number of nitrogens with two attached hydrogens (primary N) is 1. The van der Waals surface area contributed by atoms with Gasteiger partial charge in [-0.05, 0) is 18.9 Å². The fourth-order valence-electron chi connectivity index (χ4n) is 4.72. The molecule has 41 heavy (non-hydrogen) atoms. The SMILES string of the molecule is C[C@H]1COCCN1c1cc(NC(=O)Cn2cc(C3C#CC(F)=C(O)C(C(N)=O)=C3)c3c(=O)n(C)cnc32)c(F)cn1. The Morgan fingerprint density at radius 2 is 2.10 bits per heavy atom. The molecule has 1 aliphatic heterocycles. The number of hydrogen-bond donors (Lipinski definition) is 3. The third kappa shape index (κ3) is 5.27. The summed E-state index contributed by atoms with van der Waals surface area (Å²) in [5.74, 6) is -0.622. The van der Waals surface area contributed by atoms with E-state index in [-0.39, 0.29) is 34.9 Å². The summed E-state index contributed by atoms with van der Waals surface area (Å²) in [5.41, 5.74) is 4.52. The maximum absolute atomic E-state index is 14.6. The number of aryl methyl sites for hydroxylation is 1. The van der Waals surface area contributed by atoms with Gasteiger partial charge in [-0.3, -0.25) is 14.4 Å². The molecule has 1 unspecified atom stereocenters.